The number of hydrogen-bond acceptors (Lipinski definition) is 3. The molecule has 1 aliphatic rings. The minimum atomic E-state index is -0.353. The molecule has 0 fully saturated rings. The van der Waals surface area contributed by atoms with Gasteiger partial charge in [-0.1, -0.05) is 18.6 Å². The number of hydrogen-bond donors (Lipinski definition) is 2. The summed E-state index contributed by atoms with van der Waals surface area (Å²) in [6.45, 7) is 10.2. The van der Waals surface area contributed by atoms with Crippen LogP contribution in [0, 0.1) is 5.92 Å². The summed E-state index contributed by atoms with van der Waals surface area (Å²) in [6, 6.07) is -0.540. The number of amides is 2. The van der Waals surface area contributed by atoms with Gasteiger partial charge in [-0.3, -0.25) is 0 Å². The van der Waals surface area contributed by atoms with E-state index in [4.69, 9.17) is 4.74 Å². The summed E-state index contributed by atoms with van der Waals surface area (Å²) in [6.07, 6.45) is 4.99. The lowest BCUT2D eigenvalue weighted by molar-refractivity contribution is -0.139. The third kappa shape index (κ3) is 5.54. The molecule has 2 amide bonds. The van der Waals surface area contributed by atoms with Crippen LogP contribution in [0.15, 0.2) is 22.9 Å². The number of rotatable bonds is 7. The molecule has 124 valence electrons. The van der Waals surface area contributed by atoms with Gasteiger partial charge >= 0.3 is 12.0 Å². The zero-order valence-corrected chi connectivity index (χ0v) is 14.3. The molecule has 0 aromatic heterocycles. The maximum atomic E-state index is 12.1. The Bertz CT molecular complexity index is 476. The largest absolute Gasteiger partial charge is 0.463 e. The van der Waals surface area contributed by atoms with E-state index in [0.717, 1.165) is 19.3 Å². The van der Waals surface area contributed by atoms with E-state index in [9.17, 15) is 9.59 Å². The van der Waals surface area contributed by atoms with Gasteiger partial charge in [0.2, 0.25) is 0 Å². The minimum absolute atomic E-state index is 0.257. The normalized spacial score (nSPS) is 19.1. The maximum Gasteiger partial charge on any atom is 0.337 e. The summed E-state index contributed by atoms with van der Waals surface area (Å²) in [5.41, 5.74) is 2.43. The van der Waals surface area contributed by atoms with Crippen molar-refractivity contribution in [3.8, 4) is 0 Å². The fraction of sp³-hybridized carbons (Fsp3) is 0.647. The van der Waals surface area contributed by atoms with Crippen molar-refractivity contribution in [3.05, 3.63) is 22.9 Å². The monoisotopic (exact) mass is 308 g/mol. The molecule has 0 saturated heterocycles. The Morgan fingerprint density at radius 1 is 1.41 bits per heavy atom. The lowest BCUT2D eigenvalue weighted by atomic mass is 9.90. The lowest BCUT2D eigenvalue weighted by Gasteiger charge is -2.29. The fourth-order valence-electron chi connectivity index (χ4n) is 2.62. The molecule has 5 heteroatoms. The van der Waals surface area contributed by atoms with Crippen molar-refractivity contribution < 1.29 is 14.3 Å². The van der Waals surface area contributed by atoms with Crippen molar-refractivity contribution in [1.82, 2.24) is 10.6 Å². The second-order valence-electron chi connectivity index (χ2n) is 6.11. The van der Waals surface area contributed by atoms with Gasteiger partial charge in [0.05, 0.1) is 18.2 Å². The third-order valence-electron chi connectivity index (χ3n) is 3.70. The van der Waals surface area contributed by atoms with Crippen molar-refractivity contribution in [2.24, 2.45) is 5.92 Å². The quantitative estimate of drug-likeness (QED) is 0.560. The number of carbonyl (C=O) groups is 2. The van der Waals surface area contributed by atoms with Crippen LogP contribution in [0.2, 0.25) is 0 Å². The van der Waals surface area contributed by atoms with Gasteiger partial charge in [-0.25, -0.2) is 9.59 Å². The topological polar surface area (TPSA) is 67.4 Å². The summed E-state index contributed by atoms with van der Waals surface area (Å²) in [4.78, 5) is 23.8. The summed E-state index contributed by atoms with van der Waals surface area (Å²) in [5.74, 6) is 0.0465. The van der Waals surface area contributed by atoms with Gasteiger partial charge in [-0.15, -0.1) is 0 Å². The van der Waals surface area contributed by atoms with E-state index in [1.54, 1.807) is 13.8 Å². The first kappa shape index (κ1) is 18.3. The Hall–Kier alpha value is -1.78. The summed E-state index contributed by atoms with van der Waals surface area (Å²) >= 11 is 0. The molecule has 0 aliphatic carbocycles. The summed E-state index contributed by atoms with van der Waals surface area (Å²) in [5, 5.41) is 5.49. The van der Waals surface area contributed by atoms with Crippen molar-refractivity contribution >= 4 is 12.0 Å². The molecule has 2 atom stereocenters. The number of urea groups is 1. The molecule has 0 aromatic rings. The van der Waals surface area contributed by atoms with Crippen LogP contribution in [-0.4, -0.2) is 24.6 Å². The molecule has 5 nitrogen and oxygen atoms in total. The van der Waals surface area contributed by atoms with E-state index in [-0.39, 0.29) is 18.0 Å². The molecule has 2 N–H and O–H groups in total. The lowest BCUT2D eigenvalue weighted by Crippen LogP contribution is -2.50. The molecule has 0 spiro atoms. The number of ether oxygens (including phenoxy) is 1. The predicted molar refractivity (Wildman–Crippen MR) is 87.2 cm³/mol. The van der Waals surface area contributed by atoms with E-state index in [1.165, 1.54) is 5.57 Å². The highest BCUT2D eigenvalue weighted by Crippen LogP contribution is 2.22. The van der Waals surface area contributed by atoms with Crippen LogP contribution in [-0.2, 0) is 9.53 Å². The second-order valence-corrected chi connectivity index (χ2v) is 6.11. The number of carbonyl (C=O) groups excluding carboxylic acids is 2. The van der Waals surface area contributed by atoms with Crippen LogP contribution in [0.5, 0.6) is 0 Å². The molecular weight excluding hydrogens is 280 g/mol. The first-order chi connectivity index (χ1) is 10.3. The summed E-state index contributed by atoms with van der Waals surface area (Å²) in [7, 11) is 0. The zero-order valence-electron chi connectivity index (χ0n) is 14.3. The van der Waals surface area contributed by atoms with Gasteiger partial charge in [0, 0.05) is 5.70 Å². The van der Waals surface area contributed by atoms with Gasteiger partial charge in [-0.05, 0) is 52.9 Å². The third-order valence-corrected chi connectivity index (χ3v) is 3.70. The molecule has 1 aliphatic heterocycles. The van der Waals surface area contributed by atoms with Crippen LogP contribution in [0.1, 0.15) is 53.9 Å². The van der Waals surface area contributed by atoms with Crippen molar-refractivity contribution in [2.75, 3.05) is 6.61 Å². The maximum absolute atomic E-state index is 12.1. The Morgan fingerprint density at radius 3 is 2.68 bits per heavy atom. The van der Waals surface area contributed by atoms with Gasteiger partial charge in [-0.2, -0.15) is 0 Å². The fourth-order valence-corrected chi connectivity index (χ4v) is 2.62. The SMILES string of the molecule is CCOC(=O)C1=C(C)NC(=O)NC1CC(C)CCC=C(C)C. The molecule has 0 radical (unpaired) electrons. The molecule has 2 unspecified atom stereocenters. The van der Waals surface area contributed by atoms with Crippen molar-refractivity contribution in [2.45, 2.75) is 59.9 Å². The van der Waals surface area contributed by atoms with Crippen LogP contribution in [0.3, 0.4) is 0 Å². The average Bonchev–Trinajstić information content (AvgIpc) is 2.37. The number of esters is 1. The van der Waals surface area contributed by atoms with E-state index in [1.807, 2.05) is 0 Å². The number of allylic oxidation sites excluding steroid dienone is 3. The number of nitrogens with one attached hydrogen (secondary N) is 2. The Labute approximate surface area is 133 Å². The van der Waals surface area contributed by atoms with Crippen molar-refractivity contribution in [1.29, 1.82) is 0 Å². The van der Waals surface area contributed by atoms with E-state index in [2.05, 4.69) is 37.5 Å². The molecule has 1 rings (SSSR count). The van der Waals surface area contributed by atoms with Crippen LogP contribution in [0.4, 0.5) is 4.79 Å². The van der Waals surface area contributed by atoms with E-state index < -0.39 is 0 Å². The van der Waals surface area contributed by atoms with Gasteiger partial charge in [0.15, 0.2) is 0 Å². The second kappa shape index (κ2) is 8.61. The Kier molecular flexibility index (Phi) is 7.15. The minimum Gasteiger partial charge on any atom is -0.463 e. The molecule has 0 bridgehead atoms. The van der Waals surface area contributed by atoms with E-state index >= 15 is 0 Å². The van der Waals surface area contributed by atoms with Crippen LogP contribution >= 0.6 is 0 Å². The van der Waals surface area contributed by atoms with Gasteiger partial charge in [0.1, 0.15) is 0 Å². The van der Waals surface area contributed by atoms with E-state index in [0.29, 0.717) is 23.8 Å². The first-order valence-electron chi connectivity index (χ1n) is 7.93. The molecule has 22 heavy (non-hydrogen) atoms. The highest BCUT2D eigenvalue weighted by atomic mass is 16.5. The Balaban J connectivity index is 2.76. The highest BCUT2D eigenvalue weighted by Gasteiger charge is 2.31. The summed E-state index contributed by atoms with van der Waals surface area (Å²) < 4.78 is 5.11. The van der Waals surface area contributed by atoms with Crippen LogP contribution < -0.4 is 10.6 Å². The van der Waals surface area contributed by atoms with Crippen LogP contribution in [0.25, 0.3) is 0 Å². The van der Waals surface area contributed by atoms with Gasteiger partial charge in [0.25, 0.3) is 0 Å². The average molecular weight is 308 g/mol. The predicted octanol–water partition coefficient (Wildman–Crippen LogP) is 3.28. The zero-order chi connectivity index (χ0) is 16.7. The first-order valence-corrected chi connectivity index (χ1v) is 7.93. The van der Waals surface area contributed by atoms with Crippen molar-refractivity contribution in [3.63, 3.8) is 0 Å². The molecular formula is C17H28N2O3. The van der Waals surface area contributed by atoms with Gasteiger partial charge < -0.3 is 15.4 Å². The highest BCUT2D eigenvalue weighted by molar-refractivity contribution is 5.94. The standard InChI is InChI=1S/C17H28N2O3/c1-6-22-16(20)15-13(5)18-17(21)19-14(15)10-12(4)9-7-8-11(2)3/h8,12,14H,6-7,9-10H2,1-5H3,(H2,18,19,21). The Morgan fingerprint density at radius 2 is 2.09 bits per heavy atom. The smallest absolute Gasteiger partial charge is 0.337 e. The molecule has 0 aromatic carbocycles. The molecule has 0 saturated carbocycles. The molecule has 1 heterocycles.